The highest BCUT2D eigenvalue weighted by atomic mass is 16.6. The molecule has 0 atom stereocenters. The Morgan fingerprint density at radius 3 is 3.00 bits per heavy atom. The molecular weight excluding hydrogens is 246 g/mol. The predicted octanol–water partition coefficient (Wildman–Crippen LogP) is 2.50. The molecule has 0 bridgehead atoms. The summed E-state index contributed by atoms with van der Waals surface area (Å²) in [6.45, 7) is 0.670. The van der Waals surface area contributed by atoms with Crippen LogP contribution < -0.4 is 5.32 Å². The summed E-state index contributed by atoms with van der Waals surface area (Å²) >= 11 is 0. The second-order valence-electron chi connectivity index (χ2n) is 4.65. The molecule has 19 heavy (non-hydrogen) atoms. The fourth-order valence-corrected chi connectivity index (χ4v) is 1.84. The molecule has 0 aliphatic heterocycles. The summed E-state index contributed by atoms with van der Waals surface area (Å²) in [5, 5.41) is 18.0. The molecule has 0 unspecified atom stereocenters. The van der Waals surface area contributed by atoms with Gasteiger partial charge in [-0.05, 0) is 12.8 Å². The van der Waals surface area contributed by atoms with E-state index in [2.05, 4.69) is 10.5 Å². The number of hydrogen-bond acceptors (Lipinski definition) is 5. The molecule has 0 spiro atoms. The highest BCUT2D eigenvalue weighted by Crippen LogP contribution is 2.25. The van der Waals surface area contributed by atoms with Gasteiger partial charge in [0, 0.05) is 36.3 Å². The topological polar surface area (TPSA) is 81.2 Å². The average molecular weight is 259 g/mol. The summed E-state index contributed by atoms with van der Waals surface area (Å²) in [5.74, 6) is 0.552. The van der Waals surface area contributed by atoms with Gasteiger partial charge < -0.3 is 9.84 Å². The highest BCUT2D eigenvalue weighted by molar-refractivity contribution is 5.60. The maximum absolute atomic E-state index is 10.7. The lowest BCUT2D eigenvalue weighted by Crippen LogP contribution is -2.15. The lowest BCUT2D eigenvalue weighted by Gasteiger charge is -1.96. The molecule has 3 rings (SSSR count). The minimum atomic E-state index is -0.421. The molecule has 1 aromatic heterocycles. The largest absolute Gasteiger partial charge is 0.356 e. The van der Waals surface area contributed by atoms with Crippen LogP contribution in [0.1, 0.15) is 18.5 Å². The van der Waals surface area contributed by atoms with Crippen molar-refractivity contribution in [1.82, 2.24) is 10.5 Å². The third-order valence-corrected chi connectivity index (χ3v) is 3.05. The lowest BCUT2D eigenvalue weighted by atomic mass is 10.1. The fourth-order valence-electron chi connectivity index (χ4n) is 1.84. The van der Waals surface area contributed by atoms with Gasteiger partial charge in [-0.25, -0.2) is 0 Å². The van der Waals surface area contributed by atoms with E-state index in [0.717, 1.165) is 5.69 Å². The van der Waals surface area contributed by atoms with E-state index in [0.29, 0.717) is 23.9 Å². The van der Waals surface area contributed by atoms with Crippen LogP contribution in [0.25, 0.3) is 11.3 Å². The van der Waals surface area contributed by atoms with Gasteiger partial charge >= 0.3 is 0 Å². The fraction of sp³-hybridized carbons (Fsp3) is 0.308. The number of aromatic nitrogens is 1. The van der Waals surface area contributed by atoms with Crippen molar-refractivity contribution in [2.75, 3.05) is 0 Å². The molecule has 2 aromatic rings. The van der Waals surface area contributed by atoms with Gasteiger partial charge in [0.1, 0.15) is 0 Å². The van der Waals surface area contributed by atoms with Gasteiger partial charge in [-0.3, -0.25) is 10.1 Å². The molecule has 1 heterocycles. The van der Waals surface area contributed by atoms with Gasteiger partial charge in [-0.2, -0.15) is 0 Å². The van der Waals surface area contributed by atoms with E-state index in [1.54, 1.807) is 12.1 Å². The molecule has 1 aliphatic rings. The standard InChI is InChI=1S/C13H13N3O3/c17-16(18)12-3-1-2-9(6-12)13-7-11(15-19-13)8-14-10-4-5-10/h1-3,6-7,10,14H,4-5,8H2. The average Bonchev–Trinajstić information content (AvgIpc) is 3.13. The van der Waals surface area contributed by atoms with Crippen LogP contribution in [0.5, 0.6) is 0 Å². The Morgan fingerprint density at radius 1 is 1.42 bits per heavy atom. The summed E-state index contributed by atoms with van der Waals surface area (Å²) < 4.78 is 5.23. The van der Waals surface area contributed by atoms with Crippen LogP contribution in [0.2, 0.25) is 0 Å². The first kappa shape index (κ1) is 11.9. The number of nitrogens with zero attached hydrogens (tertiary/aromatic N) is 2. The van der Waals surface area contributed by atoms with Crippen molar-refractivity contribution >= 4 is 5.69 Å². The molecular formula is C13H13N3O3. The third-order valence-electron chi connectivity index (χ3n) is 3.05. The van der Waals surface area contributed by atoms with Crippen molar-refractivity contribution in [2.45, 2.75) is 25.4 Å². The van der Waals surface area contributed by atoms with Gasteiger partial charge in [0.15, 0.2) is 5.76 Å². The van der Waals surface area contributed by atoms with Crippen molar-refractivity contribution in [3.05, 3.63) is 46.1 Å². The lowest BCUT2D eigenvalue weighted by molar-refractivity contribution is -0.384. The van der Waals surface area contributed by atoms with Crippen LogP contribution in [-0.2, 0) is 6.54 Å². The van der Waals surface area contributed by atoms with E-state index >= 15 is 0 Å². The van der Waals surface area contributed by atoms with E-state index in [1.165, 1.54) is 25.0 Å². The number of non-ortho nitro benzene ring substituents is 1. The molecule has 1 aliphatic carbocycles. The first-order chi connectivity index (χ1) is 9.22. The Labute approximate surface area is 109 Å². The van der Waals surface area contributed by atoms with Crippen LogP contribution >= 0.6 is 0 Å². The number of benzene rings is 1. The van der Waals surface area contributed by atoms with Gasteiger partial charge in [-0.1, -0.05) is 17.3 Å². The molecule has 0 amide bonds. The van der Waals surface area contributed by atoms with Crippen molar-refractivity contribution in [3.63, 3.8) is 0 Å². The molecule has 98 valence electrons. The highest BCUT2D eigenvalue weighted by Gasteiger charge is 2.20. The van der Waals surface area contributed by atoms with Crippen LogP contribution in [0.3, 0.4) is 0 Å². The van der Waals surface area contributed by atoms with Crippen molar-refractivity contribution in [3.8, 4) is 11.3 Å². The summed E-state index contributed by atoms with van der Waals surface area (Å²) in [6.07, 6.45) is 2.44. The van der Waals surface area contributed by atoms with Crippen LogP contribution in [0.4, 0.5) is 5.69 Å². The van der Waals surface area contributed by atoms with Crippen LogP contribution in [0.15, 0.2) is 34.9 Å². The van der Waals surface area contributed by atoms with E-state index in [9.17, 15) is 10.1 Å². The predicted molar refractivity (Wildman–Crippen MR) is 68.5 cm³/mol. The van der Waals surface area contributed by atoms with E-state index in [4.69, 9.17) is 4.52 Å². The minimum Gasteiger partial charge on any atom is -0.356 e. The zero-order valence-electron chi connectivity index (χ0n) is 10.2. The van der Waals surface area contributed by atoms with Gasteiger partial charge in [-0.15, -0.1) is 0 Å². The summed E-state index contributed by atoms with van der Waals surface area (Å²) in [7, 11) is 0. The molecule has 1 fully saturated rings. The van der Waals surface area contributed by atoms with Gasteiger partial charge in [0.2, 0.25) is 0 Å². The monoisotopic (exact) mass is 259 g/mol. The normalized spacial score (nSPS) is 14.5. The first-order valence-corrected chi connectivity index (χ1v) is 6.16. The van der Waals surface area contributed by atoms with Crippen molar-refractivity contribution in [2.24, 2.45) is 0 Å². The van der Waals surface area contributed by atoms with E-state index in [1.807, 2.05) is 6.07 Å². The number of nitrogens with one attached hydrogen (secondary N) is 1. The zero-order valence-corrected chi connectivity index (χ0v) is 10.2. The number of hydrogen-bond donors (Lipinski definition) is 1. The van der Waals surface area contributed by atoms with E-state index in [-0.39, 0.29) is 5.69 Å². The molecule has 6 nitrogen and oxygen atoms in total. The molecule has 6 heteroatoms. The summed E-state index contributed by atoms with van der Waals surface area (Å²) in [4.78, 5) is 10.3. The number of nitro benzene ring substituents is 1. The van der Waals surface area contributed by atoms with E-state index < -0.39 is 4.92 Å². The Balaban J connectivity index is 1.77. The first-order valence-electron chi connectivity index (χ1n) is 6.16. The SMILES string of the molecule is O=[N+]([O-])c1cccc(-c2cc(CNC3CC3)no2)c1. The second-order valence-corrected chi connectivity index (χ2v) is 4.65. The van der Waals surface area contributed by atoms with Crippen LogP contribution in [-0.4, -0.2) is 16.1 Å². The van der Waals surface area contributed by atoms with Gasteiger partial charge in [0.05, 0.1) is 10.6 Å². The summed E-state index contributed by atoms with van der Waals surface area (Å²) in [5.41, 5.74) is 1.53. The molecule has 0 radical (unpaired) electrons. The number of nitro groups is 1. The minimum absolute atomic E-state index is 0.0477. The van der Waals surface area contributed by atoms with Crippen LogP contribution in [0, 0.1) is 10.1 Å². The molecule has 1 aromatic carbocycles. The number of rotatable bonds is 5. The Bertz CT molecular complexity index is 605. The van der Waals surface area contributed by atoms with Crippen molar-refractivity contribution in [1.29, 1.82) is 0 Å². The van der Waals surface area contributed by atoms with Gasteiger partial charge in [0.25, 0.3) is 5.69 Å². The maximum Gasteiger partial charge on any atom is 0.270 e. The molecule has 1 N–H and O–H groups in total. The third kappa shape index (κ3) is 2.79. The Hall–Kier alpha value is -2.21. The maximum atomic E-state index is 10.7. The molecule has 1 saturated carbocycles. The van der Waals surface area contributed by atoms with Crippen molar-refractivity contribution < 1.29 is 9.45 Å². The summed E-state index contributed by atoms with van der Waals surface area (Å²) in [6, 6.07) is 8.77. The Morgan fingerprint density at radius 2 is 2.26 bits per heavy atom. The zero-order chi connectivity index (χ0) is 13.2. The Kier molecular flexibility index (Phi) is 3.00. The smallest absolute Gasteiger partial charge is 0.270 e. The molecule has 0 saturated heterocycles. The second kappa shape index (κ2) is 4.81. The quantitative estimate of drug-likeness (QED) is 0.659.